The van der Waals surface area contributed by atoms with Gasteiger partial charge < -0.3 is 10.2 Å². The predicted molar refractivity (Wildman–Crippen MR) is 70.4 cm³/mol. The standard InChI is InChI=1S/C12H18BrFN2/c1-3-16(4-2)8-7-15-12-9-10(13)5-6-11(12)14/h5-6,9,15H,3-4,7-8H2,1-2H3. The van der Waals surface area contributed by atoms with Crippen molar-refractivity contribution >= 4 is 21.6 Å². The highest BCUT2D eigenvalue weighted by Gasteiger charge is 2.03. The zero-order valence-corrected chi connectivity index (χ0v) is 11.3. The number of nitrogens with zero attached hydrogens (tertiary/aromatic N) is 1. The van der Waals surface area contributed by atoms with Gasteiger partial charge in [0.2, 0.25) is 0 Å². The second kappa shape index (κ2) is 6.86. The number of hydrogen-bond donors (Lipinski definition) is 1. The Morgan fingerprint density at radius 1 is 1.31 bits per heavy atom. The molecule has 0 bridgehead atoms. The van der Waals surface area contributed by atoms with Crippen molar-refractivity contribution in [2.24, 2.45) is 0 Å². The molecule has 0 aromatic heterocycles. The van der Waals surface area contributed by atoms with Crippen LogP contribution in [0.4, 0.5) is 10.1 Å². The fourth-order valence-corrected chi connectivity index (χ4v) is 1.88. The maximum absolute atomic E-state index is 13.4. The monoisotopic (exact) mass is 288 g/mol. The van der Waals surface area contributed by atoms with Gasteiger partial charge in [0.25, 0.3) is 0 Å². The molecule has 2 nitrogen and oxygen atoms in total. The Hall–Kier alpha value is -0.610. The van der Waals surface area contributed by atoms with E-state index in [2.05, 4.69) is 40.0 Å². The number of likely N-dealkylation sites (N-methyl/N-ethyl adjacent to an activating group) is 1. The summed E-state index contributed by atoms with van der Waals surface area (Å²) in [5, 5.41) is 3.11. The molecule has 0 radical (unpaired) electrons. The van der Waals surface area contributed by atoms with Gasteiger partial charge in [0.05, 0.1) is 5.69 Å². The van der Waals surface area contributed by atoms with Crippen LogP contribution in [0.2, 0.25) is 0 Å². The fourth-order valence-electron chi connectivity index (χ4n) is 1.52. The van der Waals surface area contributed by atoms with E-state index in [4.69, 9.17) is 0 Å². The first-order chi connectivity index (χ1) is 7.67. The van der Waals surface area contributed by atoms with Crippen LogP contribution < -0.4 is 5.32 Å². The minimum absolute atomic E-state index is 0.206. The smallest absolute Gasteiger partial charge is 0.146 e. The van der Waals surface area contributed by atoms with Crippen molar-refractivity contribution in [1.82, 2.24) is 4.90 Å². The van der Waals surface area contributed by atoms with Gasteiger partial charge in [-0.3, -0.25) is 0 Å². The van der Waals surface area contributed by atoms with E-state index in [9.17, 15) is 4.39 Å². The van der Waals surface area contributed by atoms with Gasteiger partial charge in [0, 0.05) is 17.6 Å². The lowest BCUT2D eigenvalue weighted by molar-refractivity contribution is 0.316. The molecule has 1 N–H and O–H groups in total. The first kappa shape index (κ1) is 13.5. The van der Waals surface area contributed by atoms with E-state index >= 15 is 0 Å². The van der Waals surface area contributed by atoms with Crippen molar-refractivity contribution in [1.29, 1.82) is 0 Å². The molecule has 16 heavy (non-hydrogen) atoms. The Morgan fingerprint density at radius 2 is 2.00 bits per heavy atom. The van der Waals surface area contributed by atoms with Gasteiger partial charge >= 0.3 is 0 Å². The molecule has 0 fully saturated rings. The molecule has 1 aromatic rings. The summed E-state index contributed by atoms with van der Waals surface area (Å²) in [6.07, 6.45) is 0. The summed E-state index contributed by atoms with van der Waals surface area (Å²) >= 11 is 3.33. The van der Waals surface area contributed by atoms with E-state index in [0.29, 0.717) is 5.69 Å². The van der Waals surface area contributed by atoms with Crippen LogP contribution in [-0.4, -0.2) is 31.1 Å². The Bertz CT molecular complexity index is 327. The van der Waals surface area contributed by atoms with Gasteiger partial charge in [0.15, 0.2) is 0 Å². The third-order valence-corrected chi connectivity index (χ3v) is 3.06. The number of hydrogen-bond acceptors (Lipinski definition) is 2. The van der Waals surface area contributed by atoms with Crippen LogP contribution in [-0.2, 0) is 0 Å². The second-order valence-corrected chi connectivity index (χ2v) is 4.49. The minimum Gasteiger partial charge on any atom is -0.381 e. The van der Waals surface area contributed by atoms with Crippen LogP contribution >= 0.6 is 15.9 Å². The third kappa shape index (κ3) is 4.10. The number of benzene rings is 1. The molecule has 1 aromatic carbocycles. The Balaban J connectivity index is 2.45. The Labute approximate surface area is 105 Å². The predicted octanol–water partition coefficient (Wildman–Crippen LogP) is 3.34. The van der Waals surface area contributed by atoms with Crippen molar-refractivity contribution in [3.63, 3.8) is 0 Å². The maximum atomic E-state index is 13.4. The molecular formula is C12H18BrFN2. The van der Waals surface area contributed by atoms with Crippen molar-refractivity contribution in [3.05, 3.63) is 28.5 Å². The van der Waals surface area contributed by atoms with E-state index in [1.165, 1.54) is 6.07 Å². The largest absolute Gasteiger partial charge is 0.381 e. The van der Waals surface area contributed by atoms with Gasteiger partial charge in [-0.05, 0) is 31.3 Å². The number of rotatable bonds is 6. The lowest BCUT2D eigenvalue weighted by Gasteiger charge is -2.18. The Kier molecular flexibility index (Phi) is 5.77. The molecule has 0 unspecified atom stereocenters. The molecule has 0 amide bonds. The van der Waals surface area contributed by atoms with Crippen molar-refractivity contribution < 1.29 is 4.39 Å². The highest BCUT2D eigenvalue weighted by molar-refractivity contribution is 9.10. The molecule has 0 saturated carbocycles. The highest BCUT2D eigenvalue weighted by Crippen LogP contribution is 2.19. The van der Waals surface area contributed by atoms with Crippen LogP contribution in [0.1, 0.15) is 13.8 Å². The fraction of sp³-hybridized carbons (Fsp3) is 0.500. The van der Waals surface area contributed by atoms with Crippen molar-refractivity contribution in [2.75, 3.05) is 31.5 Å². The SMILES string of the molecule is CCN(CC)CCNc1cc(Br)ccc1F. The summed E-state index contributed by atoms with van der Waals surface area (Å²) in [4.78, 5) is 2.29. The number of nitrogens with one attached hydrogen (secondary N) is 1. The lowest BCUT2D eigenvalue weighted by Crippen LogP contribution is -2.28. The normalized spacial score (nSPS) is 10.8. The average molecular weight is 289 g/mol. The zero-order valence-electron chi connectivity index (χ0n) is 9.76. The molecule has 0 saturated heterocycles. The molecule has 1 rings (SSSR count). The maximum Gasteiger partial charge on any atom is 0.146 e. The number of anilines is 1. The minimum atomic E-state index is -0.206. The molecule has 0 aliphatic rings. The van der Waals surface area contributed by atoms with Crippen molar-refractivity contribution in [2.45, 2.75) is 13.8 Å². The van der Waals surface area contributed by atoms with Crippen LogP contribution in [0.3, 0.4) is 0 Å². The van der Waals surface area contributed by atoms with Gasteiger partial charge in [-0.25, -0.2) is 4.39 Å². The summed E-state index contributed by atoms with van der Waals surface area (Å²) in [7, 11) is 0. The topological polar surface area (TPSA) is 15.3 Å². The lowest BCUT2D eigenvalue weighted by atomic mass is 10.3. The highest BCUT2D eigenvalue weighted by atomic mass is 79.9. The molecule has 0 aliphatic carbocycles. The second-order valence-electron chi connectivity index (χ2n) is 3.58. The summed E-state index contributed by atoms with van der Waals surface area (Å²) in [5.41, 5.74) is 0.557. The average Bonchev–Trinajstić information content (AvgIpc) is 2.29. The summed E-state index contributed by atoms with van der Waals surface area (Å²) in [5.74, 6) is -0.206. The van der Waals surface area contributed by atoms with E-state index in [1.54, 1.807) is 12.1 Å². The van der Waals surface area contributed by atoms with Crippen LogP contribution in [0.5, 0.6) is 0 Å². The van der Waals surface area contributed by atoms with E-state index in [0.717, 1.165) is 30.7 Å². The van der Waals surface area contributed by atoms with E-state index < -0.39 is 0 Å². The third-order valence-electron chi connectivity index (χ3n) is 2.57. The first-order valence-corrected chi connectivity index (χ1v) is 6.38. The Morgan fingerprint density at radius 3 is 2.62 bits per heavy atom. The zero-order chi connectivity index (χ0) is 12.0. The number of halogens is 2. The molecule has 0 heterocycles. The summed E-state index contributed by atoms with van der Waals surface area (Å²) in [6, 6.07) is 4.92. The quantitative estimate of drug-likeness (QED) is 0.864. The van der Waals surface area contributed by atoms with Gasteiger partial charge in [-0.2, -0.15) is 0 Å². The van der Waals surface area contributed by atoms with Gasteiger partial charge in [0.1, 0.15) is 5.82 Å². The summed E-state index contributed by atoms with van der Waals surface area (Å²) in [6.45, 7) is 8.00. The molecule has 0 spiro atoms. The van der Waals surface area contributed by atoms with Crippen molar-refractivity contribution in [3.8, 4) is 0 Å². The van der Waals surface area contributed by atoms with Crippen LogP contribution in [0, 0.1) is 5.82 Å². The summed E-state index contributed by atoms with van der Waals surface area (Å²) < 4.78 is 14.2. The van der Waals surface area contributed by atoms with Crippen LogP contribution in [0.25, 0.3) is 0 Å². The van der Waals surface area contributed by atoms with Gasteiger partial charge in [-0.1, -0.05) is 29.8 Å². The molecular weight excluding hydrogens is 271 g/mol. The van der Waals surface area contributed by atoms with E-state index in [1.807, 2.05) is 0 Å². The van der Waals surface area contributed by atoms with E-state index in [-0.39, 0.29) is 5.82 Å². The molecule has 0 atom stereocenters. The van der Waals surface area contributed by atoms with Crippen LogP contribution in [0.15, 0.2) is 22.7 Å². The van der Waals surface area contributed by atoms with Gasteiger partial charge in [-0.15, -0.1) is 0 Å². The molecule has 4 heteroatoms. The first-order valence-electron chi connectivity index (χ1n) is 5.58. The molecule has 90 valence electrons. The molecule has 0 aliphatic heterocycles.